The minimum atomic E-state index is 0.845. The second-order valence-electron chi connectivity index (χ2n) is 5.73. The van der Waals surface area contributed by atoms with E-state index >= 15 is 0 Å². The number of benzene rings is 3. The van der Waals surface area contributed by atoms with Gasteiger partial charge in [-0.25, -0.2) is 0 Å². The molecule has 122 valence electrons. The van der Waals surface area contributed by atoms with Gasteiger partial charge in [-0.3, -0.25) is 0 Å². The van der Waals surface area contributed by atoms with E-state index in [1.807, 2.05) is 6.08 Å². The lowest BCUT2D eigenvalue weighted by atomic mass is 10.1. The molecule has 0 spiro atoms. The molecule has 25 heavy (non-hydrogen) atoms. The molecule has 4 rings (SSSR count). The molecule has 0 aliphatic carbocycles. The molecule has 1 aliphatic heterocycles. The number of nitrogens with zero attached hydrogens (tertiary/aromatic N) is 1. The van der Waals surface area contributed by atoms with Crippen molar-refractivity contribution in [3.05, 3.63) is 101 Å². The van der Waals surface area contributed by atoms with Crippen LogP contribution in [0.15, 0.2) is 106 Å². The van der Waals surface area contributed by atoms with Gasteiger partial charge < -0.3 is 4.90 Å². The van der Waals surface area contributed by atoms with Crippen LogP contribution in [-0.4, -0.2) is 0 Å². The zero-order valence-electron chi connectivity index (χ0n) is 13.6. The van der Waals surface area contributed by atoms with Gasteiger partial charge in [-0.05, 0) is 39.5 Å². The van der Waals surface area contributed by atoms with Gasteiger partial charge in [-0.2, -0.15) is 0 Å². The maximum absolute atomic E-state index is 4.16. The Kier molecular flexibility index (Phi) is 4.28. The van der Waals surface area contributed by atoms with Crippen LogP contribution in [0.3, 0.4) is 0 Å². The zero-order valence-corrected chi connectivity index (χ0v) is 16.0. The van der Waals surface area contributed by atoms with Crippen LogP contribution in [0.5, 0.6) is 0 Å². The van der Waals surface area contributed by atoms with Crippen molar-refractivity contribution in [3.8, 4) is 0 Å². The van der Waals surface area contributed by atoms with Gasteiger partial charge in [0.15, 0.2) is 0 Å². The molecule has 0 amide bonds. The van der Waals surface area contributed by atoms with Crippen molar-refractivity contribution < 1.29 is 0 Å². The zero-order chi connectivity index (χ0) is 17.4. The van der Waals surface area contributed by atoms with Crippen LogP contribution in [0.4, 0.5) is 11.4 Å². The number of thioether (sulfide) groups is 1. The number of hydrogen-bond donors (Lipinski definition) is 0. The molecule has 0 bridgehead atoms. The first-order chi connectivity index (χ1) is 12.2. The molecule has 0 saturated carbocycles. The fraction of sp³-hybridized carbons (Fsp3) is 0. The molecule has 3 aromatic carbocycles. The van der Waals surface area contributed by atoms with E-state index in [9.17, 15) is 0 Å². The largest absolute Gasteiger partial charge is 0.306 e. The summed E-state index contributed by atoms with van der Waals surface area (Å²) < 4.78 is 0.845. The highest BCUT2D eigenvalue weighted by molar-refractivity contribution is 9.11. The molecule has 0 radical (unpaired) electrons. The Morgan fingerprint density at radius 3 is 2.40 bits per heavy atom. The van der Waals surface area contributed by atoms with Crippen molar-refractivity contribution in [2.24, 2.45) is 0 Å². The molecule has 0 aromatic heterocycles. The molecule has 0 N–H and O–H groups in total. The molecular weight excluding hydrogens is 390 g/mol. The topological polar surface area (TPSA) is 3.24 Å². The summed E-state index contributed by atoms with van der Waals surface area (Å²) >= 11 is 5.34. The minimum Gasteiger partial charge on any atom is -0.306 e. The van der Waals surface area contributed by atoms with Crippen LogP contribution in [0, 0.1) is 0 Å². The standard InChI is InChI=1S/C22H16BrNS/c1-3-20-22(15(2)23)24(19-12-6-7-14-21(19)25-20)18-13-8-10-16-9-4-5-11-17(16)18/h3-14H,1-2H2. The van der Waals surface area contributed by atoms with Crippen molar-refractivity contribution in [2.75, 3.05) is 4.90 Å². The van der Waals surface area contributed by atoms with Gasteiger partial charge in [-0.15, -0.1) is 0 Å². The number of fused-ring (bicyclic) bond motifs is 2. The summed E-state index contributed by atoms with van der Waals surface area (Å²) in [6.07, 6.45) is 1.90. The normalized spacial score (nSPS) is 13.7. The highest BCUT2D eigenvalue weighted by atomic mass is 79.9. The summed E-state index contributed by atoms with van der Waals surface area (Å²) in [7, 11) is 0. The number of rotatable bonds is 3. The van der Waals surface area contributed by atoms with E-state index in [1.54, 1.807) is 11.8 Å². The Hall–Kier alpha value is -2.23. The Bertz CT molecular complexity index is 1030. The molecule has 0 fully saturated rings. The molecular formula is C22H16BrNS. The van der Waals surface area contributed by atoms with E-state index in [4.69, 9.17) is 0 Å². The lowest BCUT2D eigenvalue weighted by molar-refractivity contribution is 1.16. The second kappa shape index (κ2) is 6.58. The van der Waals surface area contributed by atoms with Crippen LogP contribution in [0.1, 0.15) is 0 Å². The lowest BCUT2D eigenvalue weighted by Gasteiger charge is -2.35. The van der Waals surface area contributed by atoms with Gasteiger partial charge in [0.25, 0.3) is 0 Å². The van der Waals surface area contributed by atoms with Crippen LogP contribution in [-0.2, 0) is 0 Å². The number of hydrogen-bond acceptors (Lipinski definition) is 2. The van der Waals surface area contributed by atoms with Gasteiger partial charge in [-0.1, -0.05) is 79.5 Å². The van der Waals surface area contributed by atoms with Gasteiger partial charge in [0.1, 0.15) is 0 Å². The quantitative estimate of drug-likeness (QED) is 0.446. The summed E-state index contributed by atoms with van der Waals surface area (Å²) in [6.45, 7) is 8.17. The first-order valence-electron chi connectivity index (χ1n) is 7.97. The number of anilines is 2. The first-order valence-corrected chi connectivity index (χ1v) is 9.58. The number of halogens is 1. The third kappa shape index (κ3) is 2.74. The van der Waals surface area contributed by atoms with Gasteiger partial charge in [0.2, 0.25) is 0 Å². The van der Waals surface area contributed by atoms with Crippen molar-refractivity contribution in [1.82, 2.24) is 0 Å². The Morgan fingerprint density at radius 2 is 1.60 bits per heavy atom. The molecule has 1 aliphatic rings. The van der Waals surface area contributed by atoms with Crippen LogP contribution in [0.2, 0.25) is 0 Å². The van der Waals surface area contributed by atoms with E-state index < -0.39 is 0 Å². The third-order valence-corrected chi connectivity index (χ3v) is 5.75. The van der Waals surface area contributed by atoms with Crippen LogP contribution < -0.4 is 4.90 Å². The van der Waals surface area contributed by atoms with Crippen molar-refractivity contribution in [3.63, 3.8) is 0 Å². The molecule has 3 aromatic rings. The Labute approximate surface area is 160 Å². The number of para-hydroxylation sites is 1. The lowest BCUT2D eigenvalue weighted by Crippen LogP contribution is -2.21. The molecule has 0 unspecified atom stereocenters. The summed E-state index contributed by atoms with van der Waals surface area (Å²) in [5, 5.41) is 2.43. The van der Waals surface area contributed by atoms with Crippen LogP contribution >= 0.6 is 27.7 Å². The first kappa shape index (κ1) is 16.2. The maximum Gasteiger partial charge on any atom is 0.0737 e. The molecule has 1 heterocycles. The van der Waals surface area contributed by atoms with E-state index in [1.165, 1.54) is 15.7 Å². The highest BCUT2D eigenvalue weighted by Crippen LogP contribution is 2.50. The van der Waals surface area contributed by atoms with Gasteiger partial charge in [0, 0.05) is 19.7 Å². The monoisotopic (exact) mass is 405 g/mol. The third-order valence-electron chi connectivity index (χ3n) is 4.23. The minimum absolute atomic E-state index is 0.845. The molecule has 0 saturated heterocycles. The Morgan fingerprint density at radius 1 is 0.920 bits per heavy atom. The van der Waals surface area contributed by atoms with Crippen LogP contribution in [0.25, 0.3) is 10.8 Å². The highest BCUT2D eigenvalue weighted by Gasteiger charge is 2.27. The smallest absolute Gasteiger partial charge is 0.0737 e. The second-order valence-corrected chi connectivity index (χ2v) is 7.77. The average molecular weight is 406 g/mol. The van der Waals surface area contributed by atoms with E-state index in [2.05, 4.69) is 101 Å². The average Bonchev–Trinajstić information content (AvgIpc) is 2.65. The summed E-state index contributed by atoms with van der Waals surface area (Å²) in [5.41, 5.74) is 3.33. The summed E-state index contributed by atoms with van der Waals surface area (Å²) in [4.78, 5) is 4.58. The SMILES string of the molecule is C=CC1=C(C(=C)Br)N(c2cccc3ccccc23)c2ccccc2S1. The molecule has 1 nitrogen and oxygen atoms in total. The van der Waals surface area contributed by atoms with Crippen molar-refractivity contribution in [1.29, 1.82) is 0 Å². The van der Waals surface area contributed by atoms with Crippen molar-refractivity contribution in [2.45, 2.75) is 4.90 Å². The number of allylic oxidation sites excluding steroid dienone is 2. The fourth-order valence-corrected chi connectivity index (χ4v) is 4.74. The fourth-order valence-electron chi connectivity index (χ4n) is 3.17. The predicted octanol–water partition coefficient (Wildman–Crippen LogP) is 7.39. The van der Waals surface area contributed by atoms with E-state index in [0.717, 1.165) is 26.5 Å². The van der Waals surface area contributed by atoms with E-state index in [0.29, 0.717) is 0 Å². The summed E-state index contributed by atoms with van der Waals surface area (Å²) in [5.74, 6) is 0. The maximum atomic E-state index is 4.16. The van der Waals surface area contributed by atoms with E-state index in [-0.39, 0.29) is 0 Å². The van der Waals surface area contributed by atoms with Gasteiger partial charge in [0.05, 0.1) is 17.1 Å². The Balaban J connectivity index is 2.07. The van der Waals surface area contributed by atoms with Gasteiger partial charge >= 0.3 is 0 Å². The molecule has 3 heteroatoms. The molecule has 0 atom stereocenters. The predicted molar refractivity (Wildman–Crippen MR) is 114 cm³/mol. The van der Waals surface area contributed by atoms with Crippen molar-refractivity contribution >= 4 is 49.8 Å². The summed E-state index contributed by atoms with van der Waals surface area (Å²) in [6, 6.07) is 23.3.